The molecule has 0 saturated heterocycles. The molecule has 0 spiro atoms. The van der Waals surface area contributed by atoms with Gasteiger partial charge in [0.05, 0.1) is 24.7 Å². The van der Waals surface area contributed by atoms with E-state index in [2.05, 4.69) is 43.1 Å². The molecule has 0 aliphatic carbocycles. The number of fused-ring (bicyclic) bond motifs is 2. The van der Waals surface area contributed by atoms with Crippen molar-refractivity contribution in [1.29, 1.82) is 0 Å². The largest absolute Gasteiger partial charge is 0.493 e. The standard InChI is InChI=1S/C24H28N2O4/c1-14(2)8-21(17-9-15(3)24-18(10-17)13-25-26-24)30-19-4-5-20-16(11-23(27)28)6-7-29-22(20)12-19/h4-5,9-10,12-14,16,21H,6-8,11H2,1-3H3,(H,25,26)(H,27,28). The Morgan fingerprint density at radius 2 is 2.17 bits per heavy atom. The number of ether oxygens (including phenoxy) is 2. The van der Waals surface area contributed by atoms with Crippen LogP contribution in [0.2, 0.25) is 0 Å². The van der Waals surface area contributed by atoms with E-state index in [-0.39, 0.29) is 18.4 Å². The Morgan fingerprint density at radius 1 is 1.33 bits per heavy atom. The third-order valence-corrected chi connectivity index (χ3v) is 5.67. The van der Waals surface area contributed by atoms with Gasteiger partial charge >= 0.3 is 5.97 Å². The van der Waals surface area contributed by atoms with Gasteiger partial charge in [-0.2, -0.15) is 5.10 Å². The maximum atomic E-state index is 11.2. The second-order valence-corrected chi connectivity index (χ2v) is 8.54. The topological polar surface area (TPSA) is 84.4 Å². The van der Waals surface area contributed by atoms with Gasteiger partial charge in [-0.1, -0.05) is 26.0 Å². The van der Waals surface area contributed by atoms with E-state index >= 15 is 0 Å². The molecule has 0 fully saturated rings. The van der Waals surface area contributed by atoms with Gasteiger partial charge in [0.2, 0.25) is 0 Å². The molecule has 0 amide bonds. The lowest BCUT2D eigenvalue weighted by atomic mass is 9.90. The zero-order chi connectivity index (χ0) is 21.3. The van der Waals surface area contributed by atoms with E-state index in [4.69, 9.17) is 9.47 Å². The van der Waals surface area contributed by atoms with Gasteiger partial charge < -0.3 is 14.6 Å². The lowest BCUT2D eigenvalue weighted by molar-refractivity contribution is -0.137. The van der Waals surface area contributed by atoms with Crippen LogP contribution in [0.15, 0.2) is 36.5 Å². The summed E-state index contributed by atoms with van der Waals surface area (Å²) in [6.45, 7) is 6.98. The number of aryl methyl sites for hydroxylation is 1. The highest BCUT2D eigenvalue weighted by Crippen LogP contribution is 2.39. The Morgan fingerprint density at radius 3 is 2.93 bits per heavy atom. The molecular formula is C24H28N2O4. The maximum Gasteiger partial charge on any atom is 0.303 e. The van der Waals surface area contributed by atoms with E-state index in [1.165, 1.54) is 0 Å². The monoisotopic (exact) mass is 408 g/mol. The van der Waals surface area contributed by atoms with Crippen LogP contribution < -0.4 is 9.47 Å². The van der Waals surface area contributed by atoms with Crippen LogP contribution in [0.1, 0.15) is 61.8 Å². The van der Waals surface area contributed by atoms with Crippen molar-refractivity contribution >= 4 is 16.9 Å². The van der Waals surface area contributed by atoms with Crippen molar-refractivity contribution in [3.63, 3.8) is 0 Å². The number of hydrogen-bond donors (Lipinski definition) is 2. The first kappa shape index (κ1) is 20.3. The minimum Gasteiger partial charge on any atom is -0.493 e. The summed E-state index contributed by atoms with van der Waals surface area (Å²) in [4.78, 5) is 11.2. The van der Waals surface area contributed by atoms with Gasteiger partial charge in [0.1, 0.15) is 17.6 Å². The molecule has 0 saturated carbocycles. The molecule has 0 bridgehead atoms. The van der Waals surface area contributed by atoms with Crippen LogP contribution in [0, 0.1) is 12.8 Å². The summed E-state index contributed by atoms with van der Waals surface area (Å²) >= 11 is 0. The zero-order valence-electron chi connectivity index (χ0n) is 17.6. The number of aliphatic carboxylic acids is 1. The van der Waals surface area contributed by atoms with Gasteiger partial charge in [-0.3, -0.25) is 9.89 Å². The van der Waals surface area contributed by atoms with Crippen molar-refractivity contribution in [2.45, 2.75) is 52.1 Å². The molecule has 6 nitrogen and oxygen atoms in total. The van der Waals surface area contributed by atoms with Crippen LogP contribution in [0.5, 0.6) is 11.5 Å². The predicted molar refractivity (Wildman–Crippen MR) is 115 cm³/mol. The van der Waals surface area contributed by atoms with Crippen molar-refractivity contribution in [3.05, 3.63) is 53.2 Å². The summed E-state index contributed by atoms with van der Waals surface area (Å²) in [5.74, 6) is 1.13. The number of nitrogens with one attached hydrogen (secondary N) is 1. The van der Waals surface area contributed by atoms with Crippen molar-refractivity contribution in [1.82, 2.24) is 10.2 Å². The van der Waals surface area contributed by atoms with Gasteiger partial charge in [0, 0.05) is 17.4 Å². The third-order valence-electron chi connectivity index (χ3n) is 5.67. The van der Waals surface area contributed by atoms with Crippen LogP contribution in [-0.4, -0.2) is 27.9 Å². The molecule has 30 heavy (non-hydrogen) atoms. The number of benzene rings is 2. The van der Waals surface area contributed by atoms with Gasteiger partial charge in [0.15, 0.2) is 0 Å². The number of aromatic nitrogens is 2. The number of hydrogen-bond acceptors (Lipinski definition) is 4. The second-order valence-electron chi connectivity index (χ2n) is 8.54. The van der Waals surface area contributed by atoms with Crippen LogP contribution in [-0.2, 0) is 4.79 Å². The molecule has 1 aromatic heterocycles. The molecule has 2 atom stereocenters. The summed E-state index contributed by atoms with van der Waals surface area (Å²) < 4.78 is 12.3. The van der Waals surface area contributed by atoms with Gasteiger partial charge in [-0.25, -0.2) is 0 Å². The first-order valence-electron chi connectivity index (χ1n) is 10.5. The Kier molecular flexibility index (Phi) is 5.66. The fraction of sp³-hybridized carbons (Fsp3) is 0.417. The maximum absolute atomic E-state index is 11.2. The summed E-state index contributed by atoms with van der Waals surface area (Å²) in [7, 11) is 0. The summed E-state index contributed by atoms with van der Waals surface area (Å²) in [6.07, 6.45) is 3.46. The number of H-pyrrole nitrogens is 1. The minimum absolute atomic E-state index is 0.0158. The van der Waals surface area contributed by atoms with E-state index in [1.54, 1.807) is 0 Å². The third kappa shape index (κ3) is 4.27. The minimum atomic E-state index is -0.782. The van der Waals surface area contributed by atoms with Gasteiger partial charge in [-0.05, 0) is 54.5 Å². The highest BCUT2D eigenvalue weighted by atomic mass is 16.5. The van der Waals surface area contributed by atoms with Crippen molar-refractivity contribution in [2.75, 3.05) is 6.61 Å². The normalized spacial score (nSPS) is 16.9. The fourth-order valence-electron chi connectivity index (χ4n) is 4.23. The highest BCUT2D eigenvalue weighted by molar-refractivity contribution is 5.82. The highest BCUT2D eigenvalue weighted by Gasteiger charge is 2.25. The summed E-state index contributed by atoms with van der Waals surface area (Å²) in [5, 5.41) is 17.5. The molecule has 2 unspecified atom stereocenters. The SMILES string of the molecule is Cc1cc(C(CC(C)C)Oc2ccc3c(c2)OCCC3CC(=O)O)cc2cn[nH]c12. The molecule has 0 radical (unpaired) electrons. The Bertz CT molecular complexity index is 1060. The van der Waals surface area contributed by atoms with Crippen LogP contribution >= 0.6 is 0 Å². The van der Waals surface area contributed by atoms with Crippen LogP contribution in [0.25, 0.3) is 10.9 Å². The number of carbonyl (C=O) groups is 1. The van der Waals surface area contributed by atoms with Crippen LogP contribution in [0.3, 0.4) is 0 Å². The van der Waals surface area contributed by atoms with E-state index in [9.17, 15) is 9.90 Å². The summed E-state index contributed by atoms with van der Waals surface area (Å²) in [5.41, 5.74) is 4.26. The number of carboxylic acid groups (broad SMARTS) is 1. The van der Waals surface area contributed by atoms with E-state index in [0.29, 0.717) is 12.5 Å². The molecule has 2 heterocycles. The predicted octanol–water partition coefficient (Wildman–Crippen LogP) is 5.38. The van der Waals surface area contributed by atoms with Crippen molar-refractivity contribution < 1.29 is 19.4 Å². The van der Waals surface area contributed by atoms with Crippen LogP contribution in [0.4, 0.5) is 0 Å². The van der Waals surface area contributed by atoms with E-state index in [0.717, 1.165) is 51.9 Å². The average molecular weight is 408 g/mol. The Labute approximate surface area is 176 Å². The average Bonchev–Trinajstić information content (AvgIpc) is 3.16. The smallest absolute Gasteiger partial charge is 0.303 e. The first-order valence-corrected chi connectivity index (χ1v) is 10.5. The summed E-state index contributed by atoms with van der Waals surface area (Å²) in [6, 6.07) is 10.1. The Hall–Kier alpha value is -3.02. The lowest BCUT2D eigenvalue weighted by Crippen LogP contribution is -2.17. The molecule has 158 valence electrons. The number of rotatable bonds is 7. The molecule has 2 N–H and O–H groups in total. The second kappa shape index (κ2) is 8.38. The molecule has 2 aromatic carbocycles. The molecule has 6 heteroatoms. The van der Waals surface area contributed by atoms with Crippen molar-refractivity contribution in [3.8, 4) is 11.5 Å². The molecule has 4 rings (SSSR count). The van der Waals surface area contributed by atoms with Gasteiger partial charge in [-0.15, -0.1) is 0 Å². The lowest BCUT2D eigenvalue weighted by Gasteiger charge is -2.27. The van der Waals surface area contributed by atoms with Crippen molar-refractivity contribution in [2.24, 2.45) is 5.92 Å². The molecular weight excluding hydrogens is 380 g/mol. The molecule has 1 aliphatic rings. The van der Waals surface area contributed by atoms with E-state index < -0.39 is 5.97 Å². The molecule has 1 aliphatic heterocycles. The number of carboxylic acids is 1. The number of nitrogens with zero attached hydrogens (tertiary/aromatic N) is 1. The Balaban J connectivity index is 1.62. The first-order chi connectivity index (χ1) is 14.4. The quantitative estimate of drug-likeness (QED) is 0.548. The zero-order valence-corrected chi connectivity index (χ0v) is 17.6. The fourth-order valence-corrected chi connectivity index (χ4v) is 4.23. The number of aromatic amines is 1. The molecule has 3 aromatic rings. The van der Waals surface area contributed by atoms with Gasteiger partial charge in [0.25, 0.3) is 0 Å². The van der Waals surface area contributed by atoms with E-state index in [1.807, 2.05) is 24.4 Å².